The van der Waals surface area contributed by atoms with Crippen LogP contribution in [0.15, 0.2) is 48.5 Å². The molecule has 7 heteroatoms. The number of benzene rings is 2. The Morgan fingerprint density at radius 3 is 2.64 bits per heavy atom. The zero-order valence-electron chi connectivity index (χ0n) is 16.0. The molecule has 0 unspecified atom stereocenters. The Balaban J connectivity index is 1.72. The Hall–Kier alpha value is -3.09. The number of carbonyl (C=O) groups excluding carboxylic acids is 2. The highest BCUT2D eigenvalue weighted by Crippen LogP contribution is 2.30. The average Bonchev–Trinajstić information content (AvgIpc) is 2.92. The quantitative estimate of drug-likeness (QED) is 0.875. The van der Waals surface area contributed by atoms with E-state index in [9.17, 15) is 14.0 Å². The van der Waals surface area contributed by atoms with E-state index in [4.69, 9.17) is 4.74 Å². The van der Waals surface area contributed by atoms with Crippen LogP contribution >= 0.6 is 0 Å². The van der Waals surface area contributed by atoms with E-state index in [1.54, 1.807) is 24.0 Å². The van der Waals surface area contributed by atoms with Crippen molar-refractivity contribution in [2.75, 3.05) is 29.5 Å². The van der Waals surface area contributed by atoms with Gasteiger partial charge in [-0.05, 0) is 56.7 Å². The van der Waals surface area contributed by atoms with Crippen molar-refractivity contribution in [3.8, 4) is 5.75 Å². The molecule has 0 bridgehead atoms. The maximum Gasteiger partial charge on any atom is 0.322 e. The molecular formula is C21H24FN3O3. The maximum absolute atomic E-state index is 13.2. The third kappa shape index (κ3) is 4.24. The van der Waals surface area contributed by atoms with Crippen molar-refractivity contribution in [1.29, 1.82) is 0 Å². The molecule has 2 aromatic carbocycles. The molecule has 1 heterocycles. The van der Waals surface area contributed by atoms with E-state index >= 15 is 0 Å². The molecular weight excluding hydrogens is 361 g/mol. The summed E-state index contributed by atoms with van der Waals surface area (Å²) in [5, 5.41) is 2.78. The standard InChI is InChI=1S/C21H24FN3O3/c1-3-24(17-11-9-16(22)10-12-17)20(26)15(2)23-21(27)25-13-6-14-28-19-8-5-4-7-18(19)25/h4-5,7-12,15H,3,6,13-14H2,1-2H3,(H,23,27)/t15-/m0/s1. The number of halogens is 1. The van der Waals surface area contributed by atoms with Gasteiger partial charge in [0.1, 0.15) is 17.6 Å². The number of amides is 3. The van der Waals surface area contributed by atoms with E-state index in [2.05, 4.69) is 5.32 Å². The highest BCUT2D eigenvalue weighted by atomic mass is 19.1. The van der Waals surface area contributed by atoms with Crippen LogP contribution in [0.2, 0.25) is 0 Å². The summed E-state index contributed by atoms with van der Waals surface area (Å²) in [4.78, 5) is 28.8. The van der Waals surface area contributed by atoms with Crippen LogP contribution < -0.4 is 19.9 Å². The Morgan fingerprint density at radius 1 is 1.21 bits per heavy atom. The summed E-state index contributed by atoms with van der Waals surface area (Å²) < 4.78 is 18.8. The SMILES string of the molecule is CCN(C(=O)[C@H](C)NC(=O)N1CCCOc2ccccc21)c1ccc(F)cc1. The minimum atomic E-state index is -0.742. The molecule has 1 N–H and O–H groups in total. The lowest BCUT2D eigenvalue weighted by molar-refractivity contribution is -0.119. The van der Waals surface area contributed by atoms with Crippen LogP contribution in [-0.2, 0) is 4.79 Å². The van der Waals surface area contributed by atoms with Gasteiger partial charge in [-0.1, -0.05) is 12.1 Å². The van der Waals surface area contributed by atoms with Crippen LogP contribution in [0, 0.1) is 5.82 Å². The van der Waals surface area contributed by atoms with Gasteiger partial charge in [0.15, 0.2) is 0 Å². The first-order valence-corrected chi connectivity index (χ1v) is 9.38. The van der Waals surface area contributed by atoms with Gasteiger partial charge in [0.25, 0.3) is 0 Å². The number of hydrogen-bond donors (Lipinski definition) is 1. The molecule has 3 amide bonds. The minimum absolute atomic E-state index is 0.262. The average molecular weight is 385 g/mol. The van der Waals surface area contributed by atoms with Gasteiger partial charge >= 0.3 is 6.03 Å². The molecule has 0 saturated heterocycles. The molecule has 6 nitrogen and oxygen atoms in total. The van der Waals surface area contributed by atoms with Crippen LogP contribution in [0.5, 0.6) is 5.75 Å². The third-order valence-corrected chi connectivity index (χ3v) is 4.62. The number of ether oxygens (including phenoxy) is 1. The highest BCUT2D eigenvalue weighted by molar-refractivity contribution is 6.01. The van der Waals surface area contributed by atoms with E-state index in [0.29, 0.717) is 43.2 Å². The zero-order chi connectivity index (χ0) is 20.1. The van der Waals surface area contributed by atoms with Crippen molar-refractivity contribution in [3.05, 3.63) is 54.3 Å². The number of hydrogen-bond acceptors (Lipinski definition) is 3. The van der Waals surface area contributed by atoms with Gasteiger partial charge in [0, 0.05) is 18.8 Å². The van der Waals surface area contributed by atoms with E-state index in [1.807, 2.05) is 31.2 Å². The lowest BCUT2D eigenvalue weighted by atomic mass is 10.2. The molecule has 0 aromatic heterocycles. The summed E-state index contributed by atoms with van der Waals surface area (Å²) >= 11 is 0. The zero-order valence-corrected chi connectivity index (χ0v) is 16.0. The second-order valence-electron chi connectivity index (χ2n) is 6.55. The van der Waals surface area contributed by atoms with E-state index in [1.165, 1.54) is 17.0 Å². The van der Waals surface area contributed by atoms with E-state index < -0.39 is 6.04 Å². The fraction of sp³-hybridized carbons (Fsp3) is 0.333. The van der Waals surface area contributed by atoms with Gasteiger partial charge in [0.2, 0.25) is 5.91 Å². The smallest absolute Gasteiger partial charge is 0.322 e. The van der Waals surface area contributed by atoms with E-state index in [0.717, 1.165) is 0 Å². The fourth-order valence-electron chi connectivity index (χ4n) is 3.18. The first kappa shape index (κ1) is 19.7. The second-order valence-corrected chi connectivity index (χ2v) is 6.55. The number of nitrogens with zero attached hydrogens (tertiary/aromatic N) is 2. The van der Waals surface area contributed by atoms with Crippen molar-refractivity contribution in [2.24, 2.45) is 0 Å². The summed E-state index contributed by atoms with van der Waals surface area (Å²) in [6, 6.07) is 12.0. The summed E-state index contributed by atoms with van der Waals surface area (Å²) in [6.07, 6.45) is 0.696. The molecule has 0 spiro atoms. The monoisotopic (exact) mass is 385 g/mol. The lowest BCUT2D eigenvalue weighted by Crippen LogP contribution is -2.51. The van der Waals surface area contributed by atoms with Crippen LogP contribution in [0.4, 0.5) is 20.6 Å². The Kier molecular flexibility index (Phi) is 6.13. The Bertz CT molecular complexity index is 841. The van der Waals surface area contributed by atoms with Gasteiger partial charge in [0.05, 0.1) is 12.3 Å². The molecule has 0 aliphatic carbocycles. The van der Waals surface area contributed by atoms with Crippen LogP contribution in [-0.4, -0.2) is 37.7 Å². The van der Waals surface area contributed by atoms with Crippen molar-refractivity contribution >= 4 is 23.3 Å². The van der Waals surface area contributed by atoms with Gasteiger partial charge in [-0.2, -0.15) is 0 Å². The first-order valence-electron chi connectivity index (χ1n) is 9.38. The number of carbonyl (C=O) groups is 2. The molecule has 2 aromatic rings. The summed E-state index contributed by atoms with van der Waals surface area (Å²) in [7, 11) is 0. The molecule has 1 atom stereocenters. The van der Waals surface area contributed by atoms with Crippen LogP contribution in [0.25, 0.3) is 0 Å². The third-order valence-electron chi connectivity index (χ3n) is 4.62. The predicted molar refractivity (Wildman–Crippen MR) is 106 cm³/mol. The molecule has 148 valence electrons. The van der Waals surface area contributed by atoms with Crippen molar-refractivity contribution in [1.82, 2.24) is 5.32 Å². The van der Waals surface area contributed by atoms with Crippen molar-refractivity contribution in [2.45, 2.75) is 26.3 Å². The predicted octanol–water partition coefficient (Wildman–Crippen LogP) is 3.57. The number of anilines is 2. The first-order chi connectivity index (χ1) is 13.5. The van der Waals surface area contributed by atoms with Crippen LogP contribution in [0.3, 0.4) is 0 Å². The highest BCUT2D eigenvalue weighted by Gasteiger charge is 2.27. The molecule has 1 aliphatic rings. The number of urea groups is 1. The number of likely N-dealkylation sites (N-methyl/N-ethyl adjacent to an activating group) is 1. The van der Waals surface area contributed by atoms with Gasteiger partial charge in [-0.25, -0.2) is 9.18 Å². The number of rotatable bonds is 4. The summed E-state index contributed by atoms with van der Waals surface area (Å²) in [5.41, 5.74) is 1.27. The maximum atomic E-state index is 13.2. The minimum Gasteiger partial charge on any atom is -0.491 e. The second kappa shape index (κ2) is 8.73. The normalized spacial score (nSPS) is 14.3. The molecule has 3 rings (SSSR count). The molecule has 0 radical (unpaired) electrons. The summed E-state index contributed by atoms with van der Waals surface area (Å²) in [5.74, 6) is 0.0214. The van der Waals surface area contributed by atoms with Crippen LogP contribution in [0.1, 0.15) is 20.3 Å². The Labute approximate surface area is 163 Å². The van der Waals surface area contributed by atoms with Gasteiger partial charge in [-0.15, -0.1) is 0 Å². The Morgan fingerprint density at radius 2 is 1.93 bits per heavy atom. The van der Waals surface area contributed by atoms with Crippen molar-refractivity contribution < 1.29 is 18.7 Å². The molecule has 0 saturated carbocycles. The van der Waals surface area contributed by atoms with E-state index in [-0.39, 0.29) is 17.8 Å². The van der Waals surface area contributed by atoms with Gasteiger partial charge < -0.3 is 15.0 Å². The number of nitrogens with one attached hydrogen (secondary N) is 1. The molecule has 28 heavy (non-hydrogen) atoms. The molecule has 1 aliphatic heterocycles. The summed E-state index contributed by atoms with van der Waals surface area (Å²) in [6.45, 7) is 4.92. The molecule has 0 fully saturated rings. The van der Waals surface area contributed by atoms with Gasteiger partial charge in [-0.3, -0.25) is 9.69 Å². The largest absolute Gasteiger partial charge is 0.491 e. The number of para-hydroxylation sites is 2. The lowest BCUT2D eigenvalue weighted by Gasteiger charge is -2.28. The fourth-order valence-corrected chi connectivity index (χ4v) is 3.18. The van der Waals surface area contributed by atoms with Crippen molar-refractivity contribution in [3.63, 3.8) is 0 Å². The topological polar surface area (TPSA) is 61.9 Å². The number of fused-ring (bicyclic) bond motifs is 1.